The standard InChI is InChI=1S/C23H23BN4O6S/c1-33-20-11-14(9-10-26-20)17-7-5-13-3-2-4-16(13)21(17)27-23(30)28-35(25,32)15-6-8-19-18(12-15)22(29)34-24(19)31/h5-12,22,29,31H,2-4H2,1H3,(H3,25,27,28,30,32). The number of ether oxygens (including phenoxy) is 1. The van der Waals surface area contributed by atoms with Crippen molar-refractivity contribution < 1.29 is 28.5 Å². The number of pyridine rings is 1. The molecule has 0 fully saturated rings. The molecule has 2 aliphatic rings. The molecule has 0 radical (unpaired) electrons. The van der Waals surface area contributed by atoms with Crippen LogP contribution in [0.15, 0.2) is 53.6 Å². The molecule has 10 nitrogen and oxygen atoms in total. The molecule has 2 amide bonds. The lowest BCUT2D eigenvalue weighted by molar-refractivity contribution is -0.0220. The number of hydrogen-bond acceptors (Lipinski definition) is 8. The molecule has 2 heterocycles. The van der Waals surface area contributed by atoms with Crippen molar-refractivity contribution in [3.8, 4) is 17.0 Å². The van der Waals surface area contributed by atoms with Crippen molar-refractivity contribution >= 4 is 34.2 Å². The van der Waals surface area contributed by atoms with E-state index in [2.05, 4.69) is 15.0 Å². The van der Waals surface area contributed by atoms with Crippen molar-refractivity contribution in [2.45, 2.75) is 30.4 Å². The lowest BCUT2D eigenvalue weighted by Crippen LogP contribution is -2.34. The van der Waals surface area contributed by atoms with E-state index in [1.54, 1.807) is 12.3 Å². The molecule has 12 heteroatoms. The van der Waals surface area contributed by atoms with Gasteiger partial charge in [0.2, 0.25) is 5.88 Å². The summed E-state index contributed by atoms with van der Waals surface area (Å²) in [6, 6.07) is 10.8. The van der Waals surface area contributed by atoms with Crippen LogP contribution in [0.5, 0.6) is 5.88 Å². The van der Waals surface area contributed by atoms with Crippen LogP contribution in [0.4, 0.5) is 10.5 Å². The Labute approximate surface area is 202 Å². The number of nitrogens with zero attached hydrogens (tertiary/aromatic N) is 1. The minimum Gasteiger partial charge on any atom is -0.481 e. The molecule has 5 N–H and O–H groups in total. The molecule has 0 spiro atoms. The number of aryl methyl sites for hydroxylation is 1. The van der Waals surface area contributed by atoms with Crippen molar-refractivity contribution in [3.05, 3.63) is 65.4 Å². The SMILES string of the molecule is COc1cc(-c2ccc3c(c2NC(=O)NS(=N)(=O)c2ccc4c(c2)C(O)OB4O)CCC3)ccn1. The van der Waals surface area contributed by atoms with Crippen LogP contribution in [0, 0.1) is 4.78 Å². The largest absolute Gasteiger partial charge is 0.493 e. The fourth-order valence-electron chi connectivity index (χ4n) is 4.51. The summed E-state index contributed by atoms with van der Waals surface area (Å²) < 4.78 is 33.9. The summed E-state index contributed by atoms with van der Waals surface area (Å²) in [4.78, 5) is 17.1. The van der Waals surface area contributed by atoms with Crippen LogP contribution < -0.4 is 20.2 Å². The average molecular weight is 494 g/mol. The van der Waals surface area contributed by atoms with E-state index in [0.29, 0.717) is 17.0 Å². The summed E-state index contributed by atoms with van der Waals surface area (Å²) in [6.07, 6.45) is 2.84. The molecule has 3 aromatic rings. The molecule has 0 bridgehead atoms. The molecule has 1 aromatic heterocycles. The minimum absolute atomic E-state index is 0.0273. The summed E-state index contributed by atoms with van der Waals surface area (Å²) >= 11 is 0. The van der Waals surface area contributed by atoms with Crippen LogP contribution in [-0.4, -0.2) is 39.6 Å². The number of hydrogen-bond donors (Lipinski definition) is 5. The quantitative estimate of drug-likeness (QED) is 0.341. The van der Waals surface area contributed by atoms with Crippen LogP contribution in [0.1, 0.15) is 29.4 Å². The third-order valence-electron chi connectivity index (χ3n) is 6.19. The number of methoxy groups -OCH3 is 1. The second kappa shape index (κ2) is 8.97. The number of aromatic nitrogens is 1. The van der Waals surface area contributed by atoms with Gasteiger partial charge in [0.15, 0.2) is 16.2 Å². The highest BCUT2D eigenvalue weighted by molar-refractivity contribution is 7.91. The van der Waals surface area contributed by atoms with Gasteiger partial charge in [0.05, 0.1) is 17.7 Å². The number of benzene rings is 2. The lowest BCUT2D eigenvalue weighted by Gasteiger charge is -2.18. The zero-order valence-electron chi connectivity index (χ0n) is 18.8. The number of fused-ring (bicyclic) bond motifs is 2. The number of aliphatic hydroxyl groups excluding tert-OH is 1. The Hall–Kier alpha value is -3.45. The van der Waals surface area contributed by atoms with E-state index in [4.69, 9.17) is 14.2 Å². The van der Waals surface area contributed by atoms with Crippen molar-refractivity contribution in [2.24, 2.45) is 0 Å². The Kier molecular flexibility index (Phi) is 5.97. The maximum atomic E-state index is 13.1. The van der Waals surface area contributed by atoms with Gasteiger partial charge in [-0.1, -0.05) is 18.2 Å². The maximum absolute atomic E-state index is 13.1. The Morgan fingerprint density at radius 1 is 1.26 bits per heavy atom. The predicted molar refractivity (Wildman–Crippen MR) is 130 cm³/mol. The second-order valence-corrected chi connectivity index (χ2v) is 10.1. The average Bonchev–Trinajstić information content (AvgIpc) is 3.43. The third-order valence-corrected chi connectivity index (χ3v) is 7.58. The summed E-state index contributed by atoms with van der Waals surface area (Å²) in [6.45, 7) is 0. The Bertz CT molecular complexity index is 1430. The first-order valence-corrected chi connectivity index (χ1v) is 12.5. The number of anilines is 1. The molecular weight excluding hydrogens is 471 g/mol. The summed E-state index contributed by atoms with van der Waals surface area (Å²) in [7, 11) is -3.57. The van der Waals surface area contributed by atoms with E-state index < -0.39 is 29.4 Å². The second-order valence-electron chi connectivity index (χ2n) is 8.31. The number of nitrogens with one attached hydrogen (secondary N) is 3. The predicted octanol–water partition coefficient (Wildman–Crippen LogP) is 2.10. The highest BCUT2D eigenvalue weighted by atomic mass is 32.2. The molecule has 2 aromatic carbocycles. The maximum Gasteiger partial charge on any atom is 0.493 e. The number of carbonyl (C=O) groups is 1. The molecule has 0 saturated heterocycles. The molecule has 2 unspecified atom stereocenters. The highest BCUT2D eigenvalue weighted by Gasteiger charge is 2.35. The van der Waals surface area contributed by atoms with Gasteiger partial charge in [-0.2, -0.15) is 0 Å². The molecule has 1 aliphatic heterocycles. The van der Waals surface area contributed by atoms with Gasteiger partial charge in [-0.15, -0.1) is 0 Å². The molecule has 5 rings (SSSR count). The molecule has 0 saturated carbocycles. The first-order chi connectivity index (χ1) is 16.8. The van der Waals surface area contributed by atoms with Crippen molar-refractivity contribution in [3.63, 3.8) is 0 Å². The van der Waals surface area contributed by atoms with Crippen LogP contribution in [-0.2, 0) is 27.4 Å². The number of carbonyl (C=O) groups excluding carboxylic acids is 1. The van der Waals surface area contributed by atoms with Crippen LogP contribution >= 0.6 is 0 Å². The van der Waals surface area contributed by atoms with Gasteiger partial charge >= 0.3 is 13.1 Å². The Morgan fingerprint density at radius 3 is 2.89 bits per heavy atom. The van der Waals surface area contributed by atoms with E-state index in [1.165, 1.54) is 25.3 Å². The highest BCUT2D eigenvalue weighted by Crippen LogP contribution is 2.38. The Morgan fingerprint density at radius 2 is 2.09 bits per heavy atom. The molecule has 180 valence electrons. The molecule has 35 heavy (non-hydrogen) atoms. The zero-order chi connectivity index (χ0) is 24.7. The van der Waals surface area contributed by atoms with Crippen LogP contribution in [0.2, 0.25) is 0 Å². The first kappa shape index (κ1) is 23.3. The fraction of sp³-hybridized carbons (Fsp3) is 0.217. The number of rotatable bonds is 5. The van der Waals surface area contributed by atoms with Gasteiger partial charge in [0.25, 0.3) is 0 Å². The van der Waals surface area contributed by atoms with Gasteiger partial charge in [0.1, 0.15) is 0 Å². The van der Waals surface area contributed by atoms with Gasteiger partial charge in [-0.05, 0) is 59.6 Å². The van der Waals surface area contributed by atoms with E-state index in [-0.39, 0.29) is 10.5 Å². The van der Waals surface area contributed by atoms with Gasteiger partial charge in [-0.3, -0.25) is 0 Å². The van der Waals surface area contributed by atoms with Crippen molar-refractivity contribution in [2.75, 3.05) is 12.4 Å². The first-order valence-electron chi connectivity index (χ1n) is 10.9. The third kappa shape index (κ3) is 4.36. The summed E-state index contributed by atoms with van der Waals surface area (Å²) in [5, 5.41) is 22.5. The summed E-state index contributed by atoms with van der Waals surface area (Å²) in [5.74, 6) is 0.431. The van der Waals surface area contributed by atoms with E-state index in [1.807, 2.05) is 18.2 Å². The van der Waals surface area contributed by atoms with E-state index >= 15 is 0 Å². The Balaban J connectivity index is 1.44. The number of amides is 2. The normalized spacial score (nSPS) is 17.9. The summed E-state index contributed by atoms with van der Waals surface area (Å²) in [5.41, 5.74) is 4.77. The topological polar surface area (TPSA) is 154 Å². The van der Waals surface area contributed by atoms with Gasteiger partial charge in [0, 0.05) is 23.4 Å². The smallest absolute Gasteiger partial charge is 0.481 e. The van der Waals surface area contributed by atoms with Gasteiger partial charge < -0.3 is 24.8 Å². The van der Waals surface area contributed by atoms with Crippen LogP contribution in [0.25, 0.3) is 11.1 Å². The van der Waals surface area contributed by atoms with E-state index in [9.17, 15) is 19.1 Å². The minimum atomic E-state index is -3.78. The van der Waals surface area contributed by atoms with Gasteiger partial charge in [-0.25, -0.2) is 23.5 Å². The number of aliphatic hydroxyl groups is 1. The number of urea groups is 1. The monoisotopic (exact) mass is 494 g/mol. The lowest BCUT2D eigenvalue weighted by atomic mass is 9.80. The molecule has 2 atom stereocenters. The zero-order valence-corrected chi connectivity index (χ0v) is 19.6. The molecule has 1 aliphatic carbocycles. The van der Waals surface area contributed by atoms with Crippen molar-refractivity contribution in [1.82, 2.24) is 9.71 Å². The van der Waals surface area contributed by atoms with Crippen molar-refractivity contribution in [1.29, 1.82) is 4.78 Å². The van der Waals surface area contributed by atoms with Crippen LogP contribution in [0.3, 0.4) is 0 Å². The van der Waals surface area contributed by atoms with E-state index in [0.717, 1.165) is 41.5 Å². The fourth-order valence-corrected chi connectivity index (χ4v) is 5.49. The molecular formula is C23H23BN4O6S.